The van der Waals surface area contributed by atoms with Crippen molar-refractivity contribution in [2.45, 2.75) is 34.3 Å². The Morgan fingerprint density at radius 3 is 2.75 bits per heavy atom. The van der Waals surface area contributed by atoms with Gasteiger partial charge in [0.1, 0.15) is 19.1 Å². The Labute approximate surface area is 277 Å². The number of halogens is 3. The Hall–Kier alpha value is -2.22. The predicted octanol–water partition coefficient (Wildman–Crippen LogP) is 5.07. The van der Waals surface area contributed by atoms with Crippen LogP contribution in [-0.4, -0.2) is 84.2 Å². The lowest BCUT2D eigenvalue weighted by atomic mass is 9.90. The van der Waals surface area contributed by atoms with Crippen molar-refractivity contribution in [1.29, 1.82) is 0 Å². The van der Waals surface area contributed by atoms with E-state index in [2.05, 4.69) is 44.3 Å². The highest BCUT2D eigenvalue weighted by Gasteiger charge is 2.35. The number of hydrogen-bond donors (Lipinski definition) is 3. The highest BCUT2D eigenvalue weighted by Crippen LogP contribution is 2.34. The summed E-state index contributed by atoms with van der Waals surface area (Å²) in [5.41, 5.74) is 6.75. The van der Waals surface area contributed by atoms with Gasteiger partial charge in [0.2, 0.25) is 0 Å². The minimum Gasteiger partial charge on any atom is -0.492 e. The third kappa shape index (κ3) is 10.1. The number of carbonyl (C=O) groups is 1. The number of anilines is 1. The Balaban J connectivity index is 1.32. The topological polar surface area (TPSA) is 99.7 Å². The number of ether oxygens (including phenoxy) is 3. The van der Waals surface area contributed by atoms with Gasteiger partial charge in [-0.3, -0.25) is 20.5 Å². The number of hydrogen-bond acceptors (Lipinski definition) is 9. The molecule has 0 radical (unpaired) electrons. The van der Waals surface area contributed by atoms with Crippen LogP contribution in [-0.2, 0) is 15.9 Å². The van der Waals surface area contributed by atoms with Gasteiger partial charge in [0, 0.05) is 43.5 Å². The van der Waals surface area contributed by atoms with Gasteiger partial charge in [0.25, 0.3) is 3.98 Å². The maximum absolute atomic E-state index is 13.7. The molecule has 10 nitrogen and oxygen atoms in total. The molecule has 2 atom stereocenters. The second kappa shape index (κ2) is 15.9. The number of carbonyl (C=O) groups excluding carboxylic acids is 1. The summed E-state index contributed by atoms with van der Waals surface area (Å²) in [5, 5.41) is 10.5. The molecule has 2 aromatic carbocycles. The monoisotopic (exact) mass is 682 g/mol. The van der Waals surface area contributed by atoms with Crippen molar-refractivity contribution < 1.29 is 19.0 Å². The molecule has 2 aliphatic heterocycles. The number of urea groups is 1. The fraction of sp³-hybridized carbons (Fsp3) is 0.467. The molecule has 238 valence electrons. The summed E-state index contributed by atoms with van der Waals surface area (Å²) >= 11 is 18.9. The van der Waals surface area contributed by atoms with E-state index in [-0.39, 0.29) is 18.3 Å². The van der Waals surface area contributed by atoms with Crippen LogP contribution in [0.2, 0.25) is 0 Å². The fourth-order valence-corrected chi connectivity index (χ4v) is 6.12. The average Bonchev–Trinajstić information content (AvgIpc) is 3.66. The van der Waals surface area contributed by atoms with Crippen LogP contribution < -0.4 is 25.7 Å². The number of alkyl halides is 3. The summed E-state index contributed by atoms with van der Waals surface area (Å²) in [4.78, 5) is 17.7. The van der Waals surface area contributed by atoms with Gasteiger partial charge in [-0.25, -0.2) is 4.79 Å². The summed E-state index contributed by atoms with van der Waals surface area (Å²) in [7, 11) is 0. The van der Waals surface area contributed by atoms with Gasteiger partial charge in [-0.2, -0.15) is 5.10 Å². The molecule has 3 N–H and O–H groups in total. The van der Waals surface area contributed by atoms with E-state index in [1.165, 1.54) is 11.8 Å². The minimum absolute atomic E-state index is 0.0473. The summed E-state index contributed by atoms with van der Waals surface area (Å²) in [6.45, 7) is 5.09. The number of benzene rings is 2. The van der Waals surface area contributed by atoms with Crippen LogP contribution in [0.3, 0.4) is 0 Å². The molecule has 2 aromatic rings. The standard InChI is InChI=1S/C30H37Cl3N6O4S/c31-30(32,33)43-21-34-29(18-23-5-2-1-3-6-23)10-9-24(19-29)20-39(28(40)36-27-37-35-22-44-27)25-7-4-8-26(17-25)42-16-13-38-11-14-41-15-12-38/h1-8,17,19,22,27,34,37H,9-16,18,20-21H2,(H,36,40). The lowest BCUT2D eigenvalue weighted by molar-refractivity contribution is 0.0322. The van der Waals surface area contributed by atoms with Crippen molar-refractivity contribution >= 4 is 63.8 Å². The van der Waals surface area contributed by atoms with Gasteiger partial charge in [0.15, 0.2) is 5.50 Å². The largest absolute Gasteiger partial charge is 0.492 e. The number of rotatable bonds is 13. The number of thioether (sulfide) groups is 1. The molecular formula is C30H37Cl3N6O4S. The van der Waals surface area contributed by atoms with Crippen molar-refractivity contribution in [2.24, 2.45) is 5.10 Å². The summed E-state index contributed by atoms with van der Waals surface area (Å²) in [6.07, 6.45) is 4.46. The fourth-order valence-electron chi connectivity index (χ4n) is 5.42. The van der Waals surface area contributed by atoms with Crippen LogP contribution in [0, 0.1) is 0 Å². The molecule has 0 bridgehead atoms. The molecule has 2 unspecified atom stereocenters. The number of nitrogens with zero attached hydrogens (tertiary/aromatic N) is 3. The van der Waals surface area contributed by atoms with Crippen molar-refractivity contribution in [1.82, 2.24) is 21.0 Å². The molecule has 2 heterocycles. The Kier molecular flexibility index (Phi) is 12.0. The molecule has 0 aromatic heterocycles. The first-order valence-corrected chi connectivity index (χ1v) is 16.6. The summed E-state index contributed by atoms with van der Waals surface area (Å²) in [6, 6.07) is 17.6. The third-order valence-corrected chi connectivity index (χ3v) is 8.66. The first-order chi connectivity index (χ1) is 21.3. The van der Waals surface area contributed by atoms with Crippen LogP contribution in [0.15, 0.2) is 71.3 Å². The Morgan fingerprint density at radius 1 is 1.18 bits per heavy atom. The number of morpholine rings is 1. The molecule has 14 heteroatoms. The van der Waals surface area contributed by atoms with E-state index in [0.717, 1.165) is 62.5 Å². The number of nitrogens with one attached hydrogen (secondary N) is 3. The first kappa shape index (κ1) is 33.2. The maximum atomic E-state index is 13.7. The van der Waals surface area contributed by atoms with E-state index in [0.29, 0.717) is 25.3 Å². The molecule has 0 spiro atoms. The smallest absolute Gasteiger partial charge is 0.324 e. The van der Waals surface area contributed by atoms with E-state index in [9.17, 15) is 4.79 Å². The predicted molar refractivity (Wildman–Crippen MR) is 178 cm³/mol. The van der Waals surface area contributed by atoms with Gasteiger partial charge >= 0.3 is 6.03 Å². The third-order valence-electron chi connectivity index (χ3n) is 7.61. The molecule has 1 saturated heterocycles. The average molecular weight is 684 g/mol. The van der Waals surface area contributed by atoms with Crippen LogP contribution in [0.1, 0.15) is 18.4 Å². The summed E-state index contributed by atoms with van der Waals surface area (Å²) < 4.78 is 15.1. The second-order valence-corrected chi connectivity index (χ2v) is 13.9. The SMILES string of the molecule is O=C(NC1NN=CS1)N(CC1=CC(Cc2ccccc2)(NCOC(Cl)(Cl)Cl)CC1)c1cccc(OCCN2CCOCC2)c1. The van der Waals surface area contributed by atoms with Crippen molar-refractivity contribution in [2.75, 3.05) is 57.6 Å². The van der Waals surface area contributed by atoms with E-state index < -0.39 is 9.52 Å². The van der Waals surface area contributed by atoms with Crippen LogP contribution in [0.4, 0.5) is 10.5 Å². The molecule has 3 aliphatic rings. The molecule has 44 heavy (non-hydrogen) atoms. The van der Waals surface area contributed by atoms with Crippen LogP contribution in [0.5, 0.6) is 5.75 Å². The van der Waals surface area contributed by atoms with E-state index in [4.69, 9.17) is 49.0 Å². The zero-order valence-corrected chi connectivity index (χ0v) is 27.3. The van der Waals surface area contributed by atoms with Crippen molar-refractivity contribution in [3.05, 3.63) is 71.8 Å². The highest BCUT2D eigenvalue weighted by atomic mass is 35.6. The minimum atomic E-state index is -1.83. The number of hydrazone groups is 1. The van der Waals surface area contributed by atoms with E-state index >= 15 is 0 Å². The number of amides is 2. The quantitative estimate of drug-likeness (QED) is 0.153. The molecule has 0 saturated carbocycles. The normalized spacial score (nSPS) is 22.0. The van der Waals surface area contributed by atoms with Gasteiger partial charge < -0.3 is 19.5 Å². The lowest BCUT2D eigenvalue weighted by Gasteiger charge is -2.30. The van der Waals surface area contributed by atoms with Crippen LogP contribution in [0.25, 0.3) is 0 Å². The van der Waals surface area contributed by atoms with E-state index in [1.807, 2.05) is 42.5 Å². The molecule has 5 rings (SSSR count). The zero-order chi connectivity index (χ0) is 30.8. The van der Waals surface area contributed by atoms with Crippen molar-refractivity contribution in [3.8, 4) is 5.75 Å². The maximum Gasteiger partial charge on any atom is 0.324 e. The highest BCUT2D eigenvalue weighted by molar-refractivity contribution is 8.12. The summed E-state index contributed by atoms with van der Waals surface area (Å²) in [5.74, 6) is 0.703. The van der Waals surface area contributed by atoms with Crippen LogP contribution >= 0.6 is 46.6 Å². The molecular weight excluding hydrogens is 647 g/mol. The Bertz CT molecular complexity index is 1290. The lowest BCUT2D eigenvalue weighted by Crippen LogP contribution is -2.47. The van der Waals surface area contributed by atoms with Gasteiger partial charge in [0.05, 0.1) is 18.8 Å². The van der Waals surface area contributed by atoms with Gasteiger partial charge in [-0.05, 0) is 37.0 Å². The first-order valence-electron chi connectivity index (χ1n) is 14.5. The molecule has 1 fully saturated rings. The zero-order valence-electron chi connectivity index (χ0n) is 24.2. The molecule has 1 aliphatic carbocycles. The Morgan fingerprint density at radius 2 is 2.00 bits per heavy atom. The molecule has 2 amide bonds. The van der Waals surface area contributed by atoms with Gasteiger partial charge in [-0.1, -0.05) is 94.6 Å². The van der Waals surface area contributed by atoms with Crippen molar-refractivity contribution in [3.63, 3.8) is 0 Å². The van der Waals surface area contributed by atoms with Gasteiger partial charge in [-0.15, -0.1) is 0 Å². The second-order valence-electron chi connectivity index (χ2n) is 10.7. The van der Waals surface area contributed by atoms with E-state index in [1.54, 1.807) is 10.4 Å².